The molecule has 0 fully saturated rings. The summed E-state index contributed by atoms with van der Waals surface area (Å²) in [5, 5.41) is 4.49. The molecule has 6 nitrogen and oxygen atoms in total. The van der Waals surface area contributed by atoms with Gasteiger partial charge in [0.15, 0.2) is 6.17 Å². The number of rotatable bonds is 2. The maximum absolute atomic E-state index is 12.5. The predicted octanol–water partition coefficient (Wildman–Crippen LogP) is 1.90. The van der Waals surface area contributed by atoms with Crippen molar-refractivity contribution in [3.8, 4) is 0 Å². The first kappa shape index (κ1) is 12.3. The first-order valence-corrected chi connectivity index (χ1v) is 6.15. The number of hydrogen-bond acceptors (Lipinski definition) is 4. The Morgan fingerprint density at radius 3 is 2.85 bits per heavy atom. The summed E-state index contributed by atoms with van der Waals surface area (Å²) < 4.78 is 5.05. The minimum absolute atomic E-state index is 0.263. The van der Waals surface area contributed by atoms with E-state index >= 15 is 0 Å². The van der Waals surface area contributed by atoms with Crippen LogP contribution in [0, 0.1) is 0 Å². The lowest BCUT2D eigenvalue weighted by Crippen LogP contribution is -2.52. The van der Waals surface area contributed by atoms with Gasteiger partial charge in [-0.25, -0.2) is 5.01 Å². The van der Waals surface area contributed by atoms with Crippen molar-refractivity contribution in [1.29, 1.82) is 0 Å². The third kappa shape index (κ3) is 2.01. The molecule has 0 spiro atoms. The molecule has 0 radical (unpaired) electrons. The van der Waals surface area contributed by atoms with E-state index in [0.29, 0.717) is 5.56 Å². The second-order valence-corrected chi connectivity index (χ2v) is 4.49. The van der Waals surface area contributed by atoms with E-state index in [9.17, 15) is 9.59 Å². The molecule has 6 heteroatoms. The fourth-order valence-electron chi connectivity index (χ4n) is 2.20. The Kier molecular flexibility index (Phi) is 2.90. The van der Waals surface area contributed by atoms with Crippen LogP contribution < -0.4 is 10.7 Å². The smallest absolute Gasteiger partial charge is 0.276 e. The highest BCUT2D eigenvalue weighted by Crippen LogP contribution is 2.31. The molecule has 0 saturated carbocycles. The van der Waals surface area contributed by atoms with Crippen molar-refractivity contribution in [3.05, 3.63) is 54.0 Å². The second kappa shape index (κ2) is 4.73. The summed E-state index contributed by atoms with van der Waals surface area (Å²) >= 11 is 0. The molecule has 102 valence electrons. The van der Waals surface area contributed by atoms with Gasteiger partial charge in [-0.2, -0.15) is 0 Å². The summed E-state index contributed by atoms with van der Waals surface area (Å²) in [4.78, 5) is 23.8. The molecule has 0 aliphatic carbocycles. The molecular formula is C14H13N3O3. The van der Waals surface area contributed by atoms with Crippen LogP contribution >= 0.6 is 0 Å². The third-order valence-electron chi connectivity index (χ3n) is 3.06. The molecule has 1 aliphatic heterocycles. The normalized spacial score (nSPS) is 17.4. The van der Waals surface area contributed by atoms with Gasteiger partial charge in [-0.15, -0.1) is 0 Å². The number of nitrogens with zero attached hydrogens (tertiary/aromatic N) is 1. The van der Waals surface area contributed by atoms with Crippen LogP contribution in [0.25, 0.3) is 0 Å². The van der Waals surface area contributed by atoms with Crippen molar-refractivity contribution in [2.24, 2.45) is 0 Å². The van der Waals surface area contributed by atoms with Gasteiger partial charge >= 0.3 is 0 Å². The number of carbonyl (C=O) groups excluding carboxylic acids is 2. The number of hydrogen-bond donors (Lipinski definition) is 2. The Morgan fingerprint density at radius 1 is 1.35 bits per heavy atom. The van der Waals surface area contributed by atoms with E-state index in [-0.39, 0.29) is 11.8 Å². The zero-order chi connectivity index (χ0) is 14.1. The van der Waals surface area contributed by atoms with Crippen LogP contribution in [0.1, 0.15) is 29.0 Å². The summed E-state index contributed by atoms with van der Waals surface area (Å²) in [6.45, 7) is 1.36. The molecule has 1 aromatic heterocycles. The lowest BCUT2D eigenvalue weighted by molar-refractivity contribution is -0.123. The lowest BCUT2D eigenvalue weighted by atomic mass is 10.1. The molecule has 2 N–H and O–H groups in total. The van der Waals surface area contributed by atoms with Gasteiger partial charge in [-0.3, -0.25) is 15.0 Å². The van der Waals surface area contributed by atoms with Crippen molar-refractivity contribution >= 4 is 17.5 Å². The van der Waals surface area contributed by atoms with E-state index in [1.165, 1.54) is 24.5 Å². The highest BCUT2D eigenvalue weighted by molar-refractivity contribution is 6.02. The van der Waals surface area contributed by atoms with E-state index in [2.05, 4.69) is 10.7 Å². The number of benzene rings is 1. The average molecular weight is 271 g/mol. The Balaban J connectivity index is 2.04. The first-order chi connectivity index (χ1) is 9.66. The summed E-state index contributed by atoms with van der Waals surface area (Å²) in [5.41, 5.74) is 4.54. The Bertz CT molecular complexity index is 651. The van der Waals surface area contributed by atoms with Gasteiger partial charge < -0.3 is 9.73 Å². The summed E-state index contributed by atoms with van der Waals surface area (Å²) in [6.07, 6.45) is 2.56. The number of furan rings is 1. The first-order valence-electron chi connectivity index (χ1n) is 6.15. The van der Waals surface area contributed by atoms with Gasteiger partial charge in [0, 0.05) is 18.2 Å². The van der Waals surface area contributed by atoms with Gasteiger partial charge in [0.05, 0.1) is 18.1 Å². The van der Waals surface area contributed by atoms with Crippen LogP contribution in [-0.4, -0.2) is 16.8 Å². The zero-order valence-electron chi connectivity index (χ0n) is 10.8. The fraction of sp³-hybridized carbons (Fsp3) is 0.143. The molecule has 20 heavy (non-hydrogen) atoms. The maximum atomic E-state index is 12.5. The minimum Gasteiger partial charge on any atom is -0.472 e. The topological polar surface area (TPSA) is 74.6 Å². The standard InChI is InChI=1S/C14H13N3O3/c1-9(18)16-17-13(10-6-7-20-8-10)15-12-5-3-2-4-11(12)14(17)19/h2-8,13,15H,1H3,(H,16,18)/t13-/m0/s1. The van der Waals surface area contributed by atoms with Gasteiger partial charge in [0.2, 0.25) is 5.91 Å². The van der Waals surface area contributed by atoms with Crippen LogP contribution in [0.3, 0.4) is 0 Å². The van der Waals surface area contributed by atoms with Gasteiger partial charge in [-0.05, 0) is 18.2 Å². The van der Waals surface area contributed by atoms with Gasteiger partial charge in [0.25, 0.3) is 5.91 Å². The monoisotopic (exact) mass is 271 g/mol. The second-order valence-electron chi connectivity index (χ2n) is 4.49. The number of fused-ring (bicyclic) bond motifs is 1. The molecule has 3 rings (SSSR count). The van der Waals surface area contributed by atoms with Crippen molar-refractivity contribution in [3.63, 3.8) is 0 Å². The highest BCUT2D eigenvalue weighted by Gasteiger charge is 2.34. The number of para-hydroxylation sites is 1. The molecule has 1 aliphatic rings. The van der Waals surface area contributed by atoms with Crippen molar-refractivity contribution < 1.29 is 14.0 Å². The Morgan fingerprint density at radius 2 is 2.15 bits per heavy atom. The predicted molar refractivity (Wildman–Crippen MR) is 71.5 cm³/mol. The number of nitrogens with one attached hydrogen (secondary N) is 2. The molecule has 0 bridgehead atoms. The summed E-state index contributed by atoms with van der Waals surface area (Å²) in [5.74, 6) is -0.575. The molecular weight excluding hydrogens is 258 g/mol. The minimum atomic E-state index is -0.500. The van der Waals surface area contributed by atoms with E-state index in [1.54, 1.807) is 18.2 Å². The zero-order valence-corrected chi connectivity index (χ0v) is 10.8. The number of carbonyl (C=O) groups is 2. The van der Waals surface area contributed by atoms with Crippen LogP contribution in [0.15, 0.2) is 47.3 Å². The molecule has 0 unspecified atom stereocenters. The molecule has 2 heterocycles. The van der Waals surface area contributed by atoms with Crippen molar-refractivity contribution in [2.45, 2.75) is 13.1 Å². The summed E-state index contributed by atoms with van der Waals surface area (Å²) in [6, 6.07) is 8.91. The van der Waals surface area contributed by atoms with Crippen LogP contribution in [0.5, 0.6) is 0 Å². The quantitative estimate of drug-likeness (QED) is 0.874. The number of amides is 2. The average Bonchev–Trinajstić information content (AvgIpc) is 2.95. The van der Waals surface area contributed by atoms with Crippen molar-refractivity contribution in [2.75, 3.05) is 5.32 Å². The van der Waals surface area contributed by atoms with E-state index < -0.39 is 6.17 Å². The van der Waals surface area contributed by atoms with E-state index in [4.69, 9.17) is 4.42 Å². The molecule has 1 atom stereocenters. The Labute approximate surface area is 115 Å². The molecule has 2 amide bonds. The Hall–Kier alpha value is -2.76. The summed E-state index contributed by atoms with van der Waals surface area (Å²) in [7, 11) is 0. The third-order valence-corrected chi connectivity index (χ3v) is 3.06. The SMILES string of the molecule is CC(=O)NN1C(=O)c2ccccc2N[C@@H]1c1ccoc1. The fourth-order valence-corrected chi connectivity index (χ4v) is 2.20. The maximum Gasteiger partial charge on any atom is 0.276 e. The molecule has 0 saturated heterocycles. The lowest BCUT2D eigenvalue weighted by Gasteiger charge is -2.36. The van der Waals surface area contributed by atoms with Crippen molar-refractivity contribution in [1.82, 2.24) is 10.4 Å². The van der Waals surface area contributed by atoms with Gasteiger partial charge in [-0.1, -0.05) is 12.1 Å². The number of hydrazine groups is 1. The van der Waals surface area contributed by atoms with Gasteiger partial charge in [0.1, 0.15) is 0 Å². The molecule has 1 aromatic carbocycles. The van der Waals surface area contributed by atoms with Crippen LogP contribution in [0.4, 0.5) is 5.69 Å². The number of anilines is 1. The highest BCUT2D eigenvalue weighted by atomic mass is 16.3. The van der Waals surface area contributed by atoms with Crippen LogP contribution in [-0.2, 0) is 4.79 Å². The van der Waals surface area contributed by atoms with E-state index in [1.807, 2.05) is 12.1 Å². The van der Waals surface area contributed by atoms with E-state index in [0.717, 1.165) is 11.3 Å². The molecule has 2 aromatic rings. The largest absolute Gasteiger partial charge is 0.472 e. The van der Waals surface area contributed by atoms with Crippen LogP contribution in [0.2, 0.25) is 0 Å².